The van der Waals surface area contributed by atoms with E-state index in [1.807, 2.05) is 4.68 Å². The quantitative estimate of drug-likeness (QED) is 0.306. The number of aromatic nitrogens is 5. The number of Topliss-reactive ketones (excluding diaryl/α,β-unsaturated/α-hetero) is 1. The van der Waals surface area contributed by atoms with Gasteiger partial charge in [-0.25, -0.2) is 14.6 Å². The van der Waals surface area contributed by atoms with E-state index in [9.17, 15) is 4.79 Å². The lowest BCUT2D eigenvalue weighted by Crippen LogP contribution is -2.47. The summed E-state index contributed by atoms with van der Waals surface area (Å²) < 4.78 is 8.68. The van der Waals surface area contributed by atoms with Crippen molar-refractivity contribution in [2.24, 2.45) is 0 Å². The minimum atomic E-state index is -0.525. The fourth-order valence-electron chi connectivity index (χ4n) is 5.97. The molecule has 1 unspecified atom stereocenters. The summed E-state index contributed by atoms with van der Waals surface area (Å²) >= 11 is 8.91. The first-order chi connectivity index (χ1) is 16.4. The molecular weight excluding hydrogens is 567 g/mol. The Morgan fingerprint density at radius 2 is 1.85 bits per heavy atom. The summed E-state index contributed by atoms with van der Waals surface area (Å²) in [5, 5.41) is 10.4. The molecule has 1 saturated carbocycles. The van der Waals surface area contributed by atoms with E-state index >= 15 is 0 Å². The molecule has 0 aromatic carbocycles. The first kappa shape index (κ1) is 22.8. The molecule has 6 rings (SSSR count). The van der Waals surface area contributed by atoms with Gasteiger partial charge in [0.15, 0.2) is 22.9 Å². The Kier molecular flexibility index (Phi) is 5.72. The van der Waals surface area contributed by atoms with E-state index in [-0.39, 0.29) is 6.04 Å². The van der Waals surface area contributed by atoms with E-state index in [0.29, 0.717) is 34.9 Å². The van der Waals surface area contributed by atoms with Crippen LogP contribution in [0.3, 0.4) is 0 Å². The number of ketones is 1. The lowest BCUT2D eigenvalue weighted by atomic mass is 9.64. The van der Waals surface area contributed by atoms with Crippen molar-refractivity contribution < 1.29 is 9.32 Å². The predicted octanol–water partition coefficient (Wildman–Crippen LogP) is 5.11. The summed E-state index contributed by atoms with van der Waals surface area (Å²) in [6, 6.07) is 0.460. The largest absolute Gasteiger partial charge is 0.359 e. The Balaban J connectivity index is 1.45. The molecule has 2 fully saturated rings. The van der Waals surface area contributed by atoms with E-state index in [0.717, 1.165) is 77.7 Å². The molecule has 1 saturated heterocycles. The molecule has 0 radical (unpaired) electrons. The zero-order chi connectivity index (χ0) is 23.6. The van der Waals surface area contributed by atoms with Crippen LogP contribution < -0.4 is 0 Å². The lowest BCUT2D eigenvalue weighted by molar-refractivity contribution is -0.128. The number of halogens is 2. The minimum absolute atomic E-state index is 0.125. The number of fused-ring (bicyclic) bond motifs is 3. The highest BCUT2D eigenvalue weighted by Crippen LogP contribution is 2.47. The van der Waals surface area contributed by atoms with Crippen LogP contribution >= 0.6 is 34.2 Å². The van der Waals surface area contributed by atoms with Gasteiger partial charge in [0, 0.05) is 18.0 Å². The van der Waals surface area contributed by atoms with Gasteiger partial charge in [-0.15, -0.1) is 0 Å². The molecule has 34 heavy (non-hydrogen) atoms. The molecule has 10 heteroatoms. The van der Waals surface area contributed by atoms with Crippen LogP contribution in [-0.2, 0) is 16.6 Å². The lowest BCUT2D eigenvalue weighted by Gasteiger charge is -2.39. The number of nitrogens with zero attached hydrogens (tertiary/aromatic N) is 6. The zero-order valence-electron chi connectivity index (χ0n) is 19.5. The average Bonchev–Trinajstić information content (AvgIpc) is 3.36. The topological polar surface area (TPSA) is 89.9 Å². The number of hydrogen-bond acceptors (Lipinski definition) is 7. The third kappa shape index (κ3) is 3.37. The molecule has 1 aliphatic heterocycles. The van der Waals surface area contributed by atoms with Gasteiger partial charge in [0.1, 0.15) is 14.6 Å². The van der Waals surface area contributed by atoms with Gasteiger partial charge in [-0.2, -0.15) is 5.10 Å². The van der Waals surface area contributed by atoms with Gasteiger partial charge in [-0.3, -0.25) is 9.69 Å². The van der Waals surface area contributed by atoms with Gasteiger partial charge in [0.25, 0.3) is 0 Å². The highest BCUT2D eigenvalue weighted by atomic mass is 127. The Labute approximate surface area is 216 Å². The van der Waals surface area contributed by atoms with Crippen LogP contribution in [0.5, 0.6) is 0 Å². The Morgan fingerprint density at radius 1 is 1.06 bits per heavy atom. The van der Waals surface area contributed by atoms with Crippen molar-refractivity contribution in [1.29, 1.82) is 0 Å². The maximum atomic E-state index is 13.0. The molecule has 2 aliphatic carbocycles. The summed E-state index contributed by atoms with van der Waals surface area (Å²) in [4.78, 5) is 25.0. The van der Waals surface area contributed by atoms with Crippen molar-refractivity contribution in [3.8, 4) is 11.5 Å². The Morgan fingerprint density at radius 3 is 2.59 bits per heavy atom. The van der Waals surface area contributed by atoms with Gasteiger partial charge >= 0.3 is 0 Å². The smallest absolute Gasteiger partial charge is 0.185 e. The Bertz CT molecular complexity index is 1280. The predicted molar refractivity (Wildman–Crippen MR) is 137 cm³/mol. The van der Waals surface area contributed by atoms with Crippen LogP contribution in [0.1, 0.15) is 76.2 Å². The van der Waals surface area contributed by atoms with Crippen LogP contribution in [0.15, 0.2) is 4.52 Å². The second-order valence-corrected chi connectivity index (χ2v) is 11.4. The van der Waals surface area contributed by atoms with Crippen molar-refractivity contribution >= 4 is 51.0 Å². The Hall–Kier alpha value is -1.59. The number of carbonyl (C=O) groups excluding carboxylic acids is 1. The summed E-state index contributed by atoms with van der Waals surface area (Å²) in [6.07, 6.45) is 7.28. The van der Waals surface area contributed by atoms with E-state index in [4.69, 9.17) is 26.2 Å². The van der Waals surface area contributed by atoms with Crippen molar-refractivity contribution in [1.82, 2.24) is 29.8 Å². The average molecular weight is 595 g/mol. The molecular formula is C24H28ClIN6O2. The summed E-state index contributed by atoms with van der Waals surface area (Å²) in [5.74, 6) is 1.48. The van der Waals surface area contributed by atoms with Gasteiger partial charge in [-0.1, -0.05) is 23.2 Å². The van der Waals surface area contributed by atoms with Crippen LogP contribution in [0.2, 0.25) is 5.15 Å². The fourth-order valence-corrected chi connectivity index (χ4v) is 7.12. The summed E-state index contributed by atoms with van der Waals surface area (Å²) in [5.41, 5.74) is 1.78. The van der Waals surface area contributed by atoms with Gasteiger partial charge in [0.05, 0.1) is 16.8 Å². The number of likely N-dealkylation sites (tertiary alicyclic amines) is 1. The second-order valence-electron chi connectivity index (χ2n) is 10.0. The van der Waals surface area contributed by atoms with Gasteiger partial charge in [0.2, 0.25) is 0 Å². The van der Waals surface area contributed by atoms with Crippen LogP contribution in [-0.4, -0.2) is 54.7 Å². The SMILES string of the molecule is CC([C@H](C)n1nc(I)c2c(Cl)nc(-c3noc4c3CCC[C@@]43CCCCC3=O)nc21)N1CCC1. The standard InChI is InChI=1S/C24H28ClIN6O2/c1-13(31-11-6-12-31)14(2)32-23-17(21(26)29-32)20(25)27-22(28-23)18-15-7-5-10-24(19(15)34-30-18)9-4-3-8-16(24)33/h13-14H,3-12H2,1-2H3/t13?,14-,24+/m0/s1. The van der Waals surface area contributed by atoms with E-state index in [2.05, 4.69) is 51.5 Å². The molecule has 3 atom stereocenters. The van der Waals surface area contributed by atoms with Crippen molar-refractivity contribution in [2.45, 2.75) is 82.7 Å². The first-order valence-corrected chi connectivity index (χ1v) is 13.7. The number of hydrogen-bond donors (Lipinski definition) is 0. The normalized spacial score (nSPS) is 24.9. The zero-order valence-corrected chi connectivity index (χ0v) is 22.4. The molecule has 180 valence electrons. The van der Waals surface area contributed by atoms with Crippen LogP contribution in [0.25, 0.3) is 22.6 Å². The summed E-state index contributed by atoms with van der Waals surface area (Å²) in [6.45, 7) is 6.66. The molecule has 8 nitrogen and oxygen atoms in total. The van der Waals surface area contributed by atoms with E-state index in [1.165, 1.54) is 6.42 Å². The number of carbonyl (C=O) groups is 1. The second kappa shape index (κ2) is 8.51. The third-order valence-electron chi connectivity index (χ3n) is 8.27. The highest BCUT2D eigenvalue weighted by Gasteiger charge is 2.48. The third-order valence-corrected chi connectivity index (χ3v) is 9.30. The van der Waals surface area contributed by atoms with Crippen molar-refractivity contribution in [3.05, 3.63) is 20.2 Å². The minimum Gasteiger partial charge on any atom is -0.359 e. The van der Waals surface area contributed by atoms with Gasteiger partial charge < -0.3 is 4.52 Å². The molecule has 4 heterocycles. The molecule has 0 bridgehead atoms. The number of rotatable bonds is 4. The van der Waals surface area contributed by atoms with Crippen molar-refractivity contribution in [2.75, 3.05) is 13.1 Å². The van der Waals surface area contributed by atoms with E-state index < -0.39 is 5.41 Å². The molecule has 0 amide bonds. The molecule has 3 aromatic heterocycles. The first-order valence-electron chi connectivity index (χ1n) is 12.3. The molecule has 0 N–H and O–H groups in total. The maximum absolute atomic E-state index is 13.0. The molecule has 3 aromatic rings. The van der Waals surface area contributed by atoms with Crippen molar-refractivity contribution in [3.63, 3.8) is 0 Å². The maximum Gasteiger partial charge on any atom is 0.185 e. The van der Waals surface area contributed by atoms with Crippen LogP contribution in [0.4, 0.5) is 0 Å². The van der Waals surface area contributed by atoms with Crippen LogP contribution in [0, 0.1) is 3.70 Å². The molecule has 3 aliphatic rings. The highest BCUT2D eigenvalue weighted by molar-refractivity contribution is 14.1. The summed E-state index contributed by atoms with van der Waals surface area (Å²) in [7, 11) is 0. The van der Waals surface area contributed by atoms with Gasteiger partial charge in [-0.05, 0) is 88.1 Å². The molecule has 1 spiro atoms. The monoisotopic (exact) mass is 594 g/mol. The fraction of sp³-hybridized carbons (Fsp3) is 0.625. The van der Waals surface area contributed by atoms with E-state index in [1.54, 1.807) is 0 Å².